The molecule has 4 nitrogen and oxygen atoms in total. The standard InChI is InChI=1S/C7H10F3N3O/c8-7(9,10)6(14)4-11-3-5-1-2-12-13-5/h1-2,6,11,14H,3-4H2,(H,12,13). The van der Waals surface area contributed by atoms with Crippen LogP contribution in [0, 0.1) is 0 Å². The molecule has 0 saturated heterocycles. The number of hydrogen-bond donors (Lipinski definition) is 3. The number of alkyl halides is 3. The molecule has 0 aromatic carbocycles. The van der Waals surface area contributed by atoms with E-state index >= 15 is 0 Å². The van der Waals surface area contributed by atoms with Crippen molar-refractivity contribution in [3.8, 4) is 0 Å². The number of nitrogens with one attached hydrogen (secondary N) is 2. The van der Waals surface area contributed by atoms with E-state index in [4.69, 9.17) is 5.11 Å². The summed E-state index contributed by atoms with van der Waals surface area (Å²) in [5, 5.41) is 17.2. The quantitative estimate of drug-likeness (QED) is 0.673. The van der Waals surface area contributed by atoms with Crippen molar-refractivity contribution in [3.05, 3.63) is 18.0 Å². The highest BCUT2D eigenvalue weighted by molar-refractivity contribution is 4.96. The Labute approximate surface area is 78.1 Å². The minimum Gasteiger partial charge on any atom is -0.382 e. The van der Waals surface area contributed by atoms with Gasteiger partial charge in [0.1, 0.15) is 0 Å². The first-order chi connectivity index (χ1) is 6.50. The molecule has 1 atom stereocenters. The first kappa shape index (κ1) is 11.0. The molecule has 3 N–H and O–H groups in total. The Hall–Kier alpha value is -1.08. The van der Waals surface area contributed by atoms with E-state index in [1.54, 1.807) is 6.07 Å². The lowest BCUT2D eigenvalue weighted by Gasteiger charge is -2.14. The van der Waals surface area contributed by atoms with Gasteiger partial charge in [0.2, 0.25) is 0 Å². The molecule has 0 bridgehead atoms. The monoisotopic (exact) mass is 209 g/mol. The van der Waals surface area contributed by atoms with Gasteiger partial charge in [0, 0.05) is 25.0 Å². The number of aliphatic hydroxyl groups is 1. The third-order valence-corrected chi connectivity index (χ3v) is 1.59. The average Bonchev–Trinajstić information content (AvgIpc) is 2.55. The maximum atomic E-state index is 11.8. The van der Waals surface area contributed by atoms with Gasteiger partial charge in [-0.25, -0.2) is 0 Å². The topological polar surface area (TPSA) is 60.9 Å². The largest absolute Gasteiger partial charge is 0.415 e. The van der Waals surface area contributed by atoms with Crippen LogP contribution in [0.1, 0.15) is 5.69 Å². The molecule has 1 aromatic heterocycles. The summed E-state index contributed by atoms with van der Waals surface area (Å²) in [6.45, 7) is -0.310. The summed E-state index contributed by atoms with van der Waals surface area (Å²) in [7, 11) is 0. The van der Waals surface area contributed by atoms with E-state index in [9.17, 15) is 13.2 Å². The maximum absolute atomic E-state index is 11.8. The highest BCUT2D eigenvalue weighted by atomic mass is 19.4. The summed E-state index contributed by atoms with van der Waals surface area (Å²) in [5.74, 6) is 0. The van der Waals surface area contributed by atoms with Crippen LogP contribution in [0.15, 0.2) is 12.3 Å². The number of halogens is 3. The van der Waals surface area contributed by atoms with Crippen molar-refractivity contribution in [2.24, 2.45) is 0 Å². The molecule has 0 fully saturated rings. The number of nitrogens with zero attached hydrogens (tertiary/aromatic N) is 1. The van der Waals surface area contributed by atoms with Crippen molar-refractivity contribution in [1.82, 2.24) is 15.5 Å². The van der Waals surface area contributed by atoms with Gasteiger partial charge in [-0.2, -0.15) is 18.3 Å². The molecule has 7 heteroatoms. The van der Waals surface area contributed by atoms with E-state index in [0.717, 1.165) is 0 Å². The normalized spacial score (nSPS) is 14.3. The molecule has 14 heavy (non-hydrogen) atoms. The first-order valence-electron chi connectivity index (χ1n) is 3.94. The first-order valence-corrected chi connectivity index (χ1v) is 3.94. The number of aliphatic hydroxyl groups excluding tert-OH is 1. The Kier molecular flexibility index (Phi) is 3.48. The molecule has 0 aliphatic rings. The Morgan fingerprint density at radius 2 is 2.29 bits per heavy atom. The molecule has 80 valence electrons. The minimum atomic E-state index is -4.57. The summed E-state index contributed by atoms with van der Waals surface area (Å²) < 4.78 is 35.4. The summed E-state index contributed by atoms with van der Waals surface area (Å²) in [6, 6.07) is 1.63. The number of aromatic amines is 1. The zero-order valence-electron chi connectivity index (χ0n) is 7.17. The van der Waals surface area contributed by atoms with Crippen molar-refractivity contribution in [2.45, 2.75) is 18.8 Å². The number of rotatable bonds is 4. The Bertz CT molecular complexity index is 260. The van der Waals surface area contributed by atoms with E-state index in [2.05, 4.69) is 15.5 Å². The van der Waals surface area contributed by atoms with Crippen LogP contribution in [0.3, 0.4) is 0 Å². The van der Waals surface area contributed by atoms with Gasteiger partial charge in [-0.1, -0.05) is 0 Å². The fourth-order valence-electron chi connectivity index (χ4n) is 0.842. The van der Waals surface area contributed by atoms with Crippen molar-refractivity contribution in [1.29, 1.82) is 0 Å². The van der Waals surface area contributed by atoms with Crippen molar-refractivity contribution in [2.75, 3.05) is 6.54 Å². The summed E-state index contributed by atoms with van der Waals surface area (Å²) >= 11 is 0. The number of hydrogen-bond acceptors (Lipinski definition) is 3. The lowest BCUT2D eigenvalue weighted by atomic mass is 10.3. The maximum Gasteiger partial charge on any atom is 0.415 e. The van der Waals surface area contributed by atoms with Crippen molar-refractivity contribution in [3.63, 3.8) is 0 Å². The molecule has 0 radical (unpaired) electrons. The van der Waals surface area contributed by atoms with Gasteiger partial charge >= 0.3 is 6.18 Å². The molecule has 1 aromatic rings. The number of aromatic nitrogens is 2. The zero-order chi connectivity index (χ0) is 10.6. The second-order valence-electron chi connectivity index (χ2n) is 2.77. The Balaban J connectivity index is 2.22. The lowest BCUT2D eigenvalue weighted by molar-refractivity contribution is -0.201. The molecule has 1 unspecified atom stereocenters. The molecule has 1 rings (SSSR count). The van der Waals surface area contributed by atoms with Crippen LogP contribution in [-0.4, -0.2) is 34.1 Å². The SMILES string of the molecule is OC(CNCc1ccn[nH]1)C(F)(F)F. The smallest absolute Gasteiger partial charge is 0.382 e. The molecular weight excluding hydrogens is 199 g/mol. The van der Waals surface area contributed by atoms with Crippen LogP contribution in [0.5, 0.6) is 0 Å². The van der Waals surface area contributed by atoms with Crippen LogP contribution in [0.25, 0.3) is 0 Å². The molecule has 0 amide bonds. The van der Waals surface area contributed by atoms with Crippen LogP contribution < -0.4 is 5.32 Å². The van der Waals surface area contributed by atoms with Gasteiger partial charge in [-0.3, -0.25) is 5.10 Å². The average molecular weight is 209 g/mol. The second kappa shape index (κ2) is 4.43. The van der Waals surface area contributed by atoms with E-state index in [0.29, 0.717) is 5.69 Å². The zero-order valence-corrected chi connectivity index (χ0v) is 7.17. The van der Waals surface area contributed by atoms with E-state index in [1.165, 1.54) is 6.20 Å². The predicted octanol–water partition coefficient (Wildman–Crippen LogP) is 0.422. The Morgan fingerprint density at radius 1 is 1.57 bits per heavy atom. The van der Waals surface area contributed by atoms with Crippen LogP contribution in [-0.2, 0) is 6.54 Å². The second-order valence-corrected chi connectivity index (χ2v) is 2.77. The van der Waals surface area contributed by atoms with Gasteiger partial charge in [0.15, 0.2) is 6.10 Å². The Morgan fingerprint density at radius 3 is 2.79 bits per heavy atom. The van der Waals surface area contributed by atoms with Crippen molar-refractivity contribution >= 4 is 0 Å². The van der Waals surface area contributed by atoms with Gasteiger partial charge in [-0.15, -0.1) is 0 Å². The highest BCUT2D eigenvalue weighted by Crippen LogP contribution is 2.19. The van der Waals surface area contributed by atoms with E-state index < -0.39 is 18.8 Å². The predicted molar refractivity (Wildman–Crippen MR) is 42.4 cm³/mol. The van der Waals surface area contributed by atoms with Gasteiger partial charge in [-0.05, 0) is 6.07 Å². The molecule has 0 saturated carbocycles. The van der Waals surface area contributed by atoms with Gasteiger partial charge in [0.05, 0.1) is 0 Å². The minimum absolute atomic E-state index is 0.215. The molecule has 0 spiro atoms. The summed E-state index contributed by atoms with van der Waals surface area (Å²) in [6.07, 6.45) is -5.40. The molecule has 0 aliphatic heterocycles. The van der Waals surface area contributed by atoms with Gasteiger partial charge < -0.3 is 10.4 Å². The van der Waals surface area contributed by atoms with Crippen LogP contribution >= 0.6 is 0 Å². The van der Waals surface area contributed by atoms with Gasteiger partial charge in [0.25, 0.3) is 0 Å². The van der Waals surface area contributed by atoms with E-state index in [-0.39, 0.29) is 6.54 Å². The number of H-pyrrole nitrogens is 1. The molecule has 1 heterocycles. The lowest BCUT2D eigenvalue weighted by Crippen LogP contribution is -2.38. The third kappa shape index (κ3) is 3.35. The molecule has 0 aliphatic carbocycles. The fourth-order valence-corrected chi connectivity index (χ4v) is 0.842. The fraction of sp³-hybridized carbons (Fsp3) is 0.571. The van der Waals surface area contributed by atoms with Crippen LogP contribution in [0.4, 0.5) is 13.2 Å². The molecular formula is C7H10F3N3O. The van der Waals surface area contributed by atoms with Crippen LogP contribution in [0.2, 0.25) is 0 Å². The summed E-state index contributed by atoms with van der Waals surface area (Å²) in [5.41, 5.74) is 0.666. The summed E-state index contributed by atoms with van der Waals surface area (Å²) in [4.78, 5) is 0. The highest BCUT2D eigenvalue weighted by Gasteiger charge is 2.37. The van der Waals surface area contributed by atoms with E-state index in [1.807, 2.05) is 0 Å². The third-order valence-electron chi connectivity index (χ3n) is 1.59. The van der Waals surface area contributed by atoms with Crippen molar-refractivity contribution < 1.29 is 18.3 Å².